The molecule has 17 heavy (non-hydrogen) atoms. The van der Waals surface area contributed by atoms with Gasteiger partial charge in [0.15, 0.2) is 8.32 Å². The summed E-state index contributed by atoms with van der Waals surface area (Å²) in [4.78, 5) is 11.9. The van der Waals surface area contributed by atoms with Crippen molar-refractivity contribution in [2.24, 2.45) is 5.41 Å². The minimum absolute atomic E-state index is 0.111. The summed E-state index contributed by atoms with van der Waals surface area (Å²) >= 11 is 0. The van der Waals surface area contributed by atoms with Gasteiger partial charge in [-0.25, -0.2) is 0 Å². The molecule has 3 nitrogen and oxygen atoms in total. The van der Waals surface area contributed by atoms with Crippen LogP contribution in [0.15, 0.2) is 0 Å². The Hall–Kier alpha value is -0.136. The van der Waals surface area contributed by atoms with Gasteiger partial charge < -0.3 is 8.85 Å². The maximum Gasteiger partial charge on any atom is 0.311 e. The second kappa shape index (κ2) is 5.67. The lowest BCUT2D eigenvalue weighted by Gasteiger charge is -2.32. The molecule has 0 aliphatic carbocycles. The lowest BCUT2D eigenvalue weighted by atomic mass is 9.91. The van der Waals surface area contributed by atoms with E-state index in [4.69, 9.17) is 8.85 Å². The molecular formula is C12H28O3Si2. The zero-order valence-corrected chi connectivity index (χ0v) is 14.6. The van der Waals surface area contributed by atoms with Crippen molar-refractivity contribution in [1.82, 2.24) is 0 Å². The van der Waals surface area contributed by atoms with Gasteiger partial charge in [0.25, 0.3) is 0 Å². The summed E-state index contributed by atoms with van der Waals surface area (Å²) in [6.45, 7) is 16.6. The number of ether oxygens (including phenoxy) is 1. The van der Waals surface area contributed by atoms with Crippen LogP contribution in [0.2, 0.25) is 32.7 Å². The van der Waals surface area contributed by atoms with E-state index in [-0.39, 0.29) is 11.4 Å². The molecule has 0 heterocycles. The second-order valence-corrected chi connectivity index (χ2v) is 15.6. The molecule has 0 saturated heterocycles. The Balaban J connectivity index is 4.33. The van der Waals surface area contributed by atoms with Crippen LogP contribution in [0.25, 0.3) is 0 Å². The molecule has 102 valence electrons. The first-order valence-electron chi connectivity index (χ1n) is 6.27. The summed E-state index contributed by atoms with van der Waals surface area (Å²) in [5.41, 5.74) is -0.385. The lowest BCUT2D eigenvalue weighted by Crippen LogP contribution is -2.47. The van der Waals surface area contributed by atoms with E-state index in [9.17, 15) is 4.79 Å². The first-order chi connectivity index (χ1) is 7.40. The van der Waals surface area contributed by atoms with E-state index in [1.165, 1.54) is 0 Å². The van der Waals surface area contributed by atoms with Gasteiger partial charge in [0, 0.05) is 0 Å². The minimum atomic E-state index is -1.87. The van der Waals surface area contributed by atoms with Crippen molar-refractivity contribution in [1.29, 1.82) is 0 Å². The maximum atomic E-state index is 11.9. The van der Waals surface area contributed by atoms with Gasteiger partial charge in [-0.15, -0.1) is 0 Å². The molecule has 0 fully saturated rings. The summed E-state index contributed by atoms with van der Waals surface area (Å²) in [5, 5.41) is 0. The molecule has 0 aliphatic rings. The fourth-order valence-electron chi connectivity index (χ4n) is 1.44. The van der Waals surface area contributed by atoms with Crippen LogP contribution < -0.4 is 0 Å². The first kappa shape index (κ1) is 16.9. The van der Waals surface area contributed by atoms with E-state index in [1.807, 2.05) is 20.8 Å². The number of hydrogen-bond donors (Lipinski definition) is 0. The maximum absolute atomic E-state index is 11.9. The first-order valence-corrected chi connectivity index (χ1v) is 12.8. The molecule has 0 bridgehead atoms. The molecule has 0 spiro atoms. The molecule has 0 rings (SSSR count). The quantitative estimate of drug-likeness (QED) is 0.549. The summed E-state index contributed by atoms with van der Waals surface area (Å²) in [6.07, 6.45) is 1.25. The van der Waals surface area contributed by atoms with Gasteiger partial charge in [-0.3, -0.25) is 4.79 Å². The average Bonchev–Trinajstić information content (AvgIpc) is 2.10. The molecule has 0 atom stereocenters. The molecular weight excluding hydrogens is 248 g/mol. The molecule has 0 amide bonds. The number of hydrogen-bond acceptors (Lipinski definition) is 3. The van der Waals surface area contributed by atoms with Gasteiger partial charge in [0.2, 0.25) is 8.32 Å². The van der Waals surface area contributed by atoms with E-state index in [1.54, 1.807) is 0 Å². The Labute approximate surface area is 108 Å². The van der Waals surface area contributed by atoms with Crippen molar-refractivity contribution in [3.63, 3.8) is 0 Å². The molecule has 0 unspecified atom stereocenters. The monoisotopic (exact) mass is 276 g/mol. The van der Waals surface area contributed by atoms with Crippen LogP contribution in [0.5, 0.6) is 0 Å². The van der Waals surface area contributed by atoms with Gasteiger partial charge in [-0.2, -0.15) is 0 Å². The zero-order valence-electron chi connectivity index (χ0n) is 12.6. The Bertz CT molecular complexity index is 267. The average molecular weight is 277 g/mol. The van der Waals surface area contributed by atoms with Crippen molar-refractivity contribution < 1.29 is 13.6 Å². The van der Waals surface area contributed by atoms with Gasteiger partial charge in [0.05, 0.1) is 5.41 Å². The van der Waals surface area contributed by atoms with Gasteiger partial charge in [-0.1, -0.05) is 6.92 Å². The Morgan fingerprint density at radius 3 is 1.94 bits per heavy atom. The molecule has 5 heteroatoms. The van der Waals surface area contributed by atoms with Crippen LogP contribution in [0.4, 0.5) is 0 Å². The third-order valence-electron chi connectivity index (χ3n) is 2.57. The standard InChI is InChI=1S/C12H28O3Si2/c1-9-12(2,3)11(13)14-10-17(7,8)15-16(4,5)6/h9-10H2,1-8H3. The largest absolute Gasteiger partial charge is 0.466 e. The number of carbonyl (C=O) groups is 1. The van der Waals surface area contributed by atoms with Crippen molar-refractivity contribution in [2.75, 3.05) is 6.23 Å². The predicted molar refractivity (Wildman–Crippen MR) is 76.9 cm³/mol. The van der Waals surface area contributed by atoms with Crippen molar-refractivity contribution in [2.45, 2.75) is 59.9 Å². The fraction of sp³-hybridized carbons (Fsp3) is 0.917. The topological polar surface area (TPSA) is 35.5 Å². The second-order valence-electron chi connectivity index (χ2n) is 6.79. The van der Waals surface area contributed by atoms with E-state index in [2.05, 4.69) is 32.7 Å². The fourth-order valence-corrected chi connectivity index (χ4v) is 8.78. The smallest absolute Gasteiger partial charge is 0.311 e. The third kappa shape index (κ3) is 7.00. The van der Waals surface area contributed by atoms with Gasteiger partial charge >= 0.3 is 5.97 Å². The van der Waals surface area contributed by atoms with E-state index in [0.717, 1.165) is 6.42 Å². The van der Waals surface area contributed by atoms with Gasteiger partial charge in [0.1, 0.15) is 6.23 Å². The highest BCUT2D eigenvalue weighted by molar-refractivity contribution is 6.84. The highest BCUT2D eigenvalue weighted by Crippen LogP contribution is 2.22. The van der Waals surface area contributed by atoms with Crippen LogP contribution in [-0.2, 0) is 13.6 Å². The summed E-state index contributed by atoms with van der Waals surface area (Å²) in [7, 11) is -3.42. The predicted octanol–water partition coefficient (Wildman–Crippen LogP) is 3.56. The molecule has 0 aliphatic heterocycles. The van der Waals surface area contributed by atoms with Gasteiger partial charge in [-0.05, 0) is 53.0 Å². The summed E-state index contributed by atoms with van der Waals surface area (Å²) in [6, 6.07) is 0. The highest BCUT2D eigenvalue weighted by atomic mass is 28.4. The van der Waals surface area contributed by atoms with Crippen molar-refractivity contribution in [3.05, 3.63) is 0 Å². The van der Waals surface area contributed by atoms with E-state index >= 15 is 0 Å². The summed E-state index contributed by atoms with van der Waals surface area (Å²) in [5.74, 6) is -0.111. The van der Waals surface area contributed by atoms with Crippen molar-refractivity contribution >= 4 is 22.6 Å². The zero-order chi connectivity index (χ0) is 13.9. The molecule has 0 N–H and O–H groups in total. The molecule has 0 saturated carbocycles. The Morgan fingerprint density at radius 1 is 1.12 bits per heavy atom. The van der Waals surface area contributed by atoms with Crippen molar-refractivity contribution in [3.8, 4) is 0 Å². The summed E-state index contributed by atoms with van der Waals surface area (Å²) < 4.78 is 11.6. The minimum Gasteiger partial charge on any atom is -0.466 e. The van der Waals surface area contributed by atoms with E-state index < -0.39 is 16.6 Å². The van der Waals surface area contributed by atoms with Crippen LogP contribution in [-0.4, -0.2) is 28.8 Å². The molecule has 0 aromatic heterocycles. The normalized spacial score (nSPS) is 13.6. The molecule has 0 radical (unpaired) electrons. The van der Waals surface area contributed by atoms with Crippen LogP contribution in [0.1, 0.15) is 27.2 Å². The van der Waals surface area contributed by atoms with E-state index in [0.29, 0.717) is 6.23 Å². The Morgan fingerprint density at radius 2 is 1.59 bits per heavy atom. The number of carbonyl (C=O) groups excluding carboxylic acids is 1. The SMILES string of the molecule is CCC(C)(C)C(=O)OC[Si](C)(C)O[Si](C)(C)C. The van der Waals surface area contributed by atoms with Crippen LogP contribution >= 0.6 is 0 Å². The number of rotatable bonds is 6. The lowest BCUT2D eigenvalue weighted by molar-refractivity contribution is -0.152. The highest BCUT2D eigenvalue weighted by Gasteiger charge is 2.34. The molecule has 0 aromatic carbocycles. The third-order valence-corrected chi connectivity index (χ3v) is 8.07. The van der Waals surface area contributed by atoms with Crippen LogP contribution in [0, 0.1) is 5.41 Å². The number of esters is 1. The Kier molecular flexibility index (Phi) is 5.62. The van der Waals surface area contributed by atoms with Crippen LogP contribution in [0.3, 0.4) is 0 Å². The molecule has 0 aromatic rings.